The van der Waals surface area contributed by atoms with Gasteiger partial charge in [0.1, 0.15) is 5.76 Å². The van der Waals surface area contributed by atoms with E-state index >= 15 is 0 Å². The second-order valence-corrected chi connectivity index (χ2v) is 6.49. The molecule has 0 radical (unpaired) electrons. The van der Waals surface area contributed by atoms with Crippen molar-refractivity contribution < 1.29 is 14.3 Å². The summed E-state index contributed by atoms with van der Waals surface area (Å²) in [6.07, 6.45) is 1.42. The van der Waals surface area contributed by atoms with Crippen molar-refractivity contribution in [1.29, 1.82) is 0 Å². The fourth-order valence-corrected chi connectivity index (χ4v) is 3.14. The number of aliphatic hydroxyl groups is 1. The first-order chi connectivity index (χ1) is 14.1. The maximum atomic E-state index is 12.9. The van der Waals surface area contributed by atoms with E-state index in [0.717, 1.165) is 19.0 Å². The zero-order valence-corrected chi connectivity index (χ0v) is 16.6. The fourth-order valence-electron chi connectivity index (χ4n) is 3.14. The van der Waals surface area contributed by atoms with E-state index in [1.54, 1.807) is 54.6 Å². The highest BCUT2D eigenvalue weighted by Crippen LogP contribution is 2.29. The van der Waals surface area contributed by atoms with Crippen LogP contribution in [0.2, 0.25) is 0 Å². The minimum absolute atomic E-state index is 0.459. The summed E-state index contributed by atoms with van der Waals surface area (Å²) in [5.74, 6) is 0.602. The predicted molar refractivity (Wildman–Crippen MR) is 114 cm³/mol. The Bertz CT molecular complexity index is 908. The van der Waals surface area contributed by atoms with Crippen molar-refractivity contribution in [3.8, 4) is 0 Å². The van der Waals surface area contributed by atoms with Gasteiger partial charge >= 0.3 is 0 Å². The van der Waals surface area contributed by atoms with E-state index in [1.165, 1.54) is 6.21 Å². The summed E-state index contributed by atoms with van der Waals surface area (Å²) in [5.41, 5.74) is 1.49. The molecule has 0 aliphatic rings. The lowest BCUT2D eigenvalue weighted by molar-refractivity contribution is -0.136. The van der Waals surface area contributed by atoms with Gasteiger partial charge in [-0.3, -0.25) is 4.79 Å². The van der Waals surface area contributed by atoms with Crippen LogP contribution in [-0.4, -0.2) is 30.3 Å². The van der Waals surface area contributed by atoms with Crippen LogP contribution in [0.1, 0.15) is 30.7 Å². The second kappa shape index (κ2) is 9.21. The summed E-state index contributed by atoms with van der Waals surface area (Å²) in [4.78, 5) is 15.0. The van der Waals surface area contributed by atoms with Crippen LogP contribution >= 0.6 is 0 Å². The quantitative estimate of drug-likeness (QED) is 0.455. The number of rotatable bonds is 8. The van der Waals surface area contributed by atoms with Crippen molar-refractivity contribution in [3.05, 3.63) is 89.7 Å². The molecular formula is C23H25N3O3. The largest absolute Gasteiger partial charge is 0.440 e. The van der Waals surface area contributed by atoms with Crippen LogP contribution in [0.4, 0.5) is 5.88 Å². The Balaban J connectivity index is 1.80. The van der Waals surface area contributed by atoms with Gasteiger partial charge in [-0.25, -0.2) is 5.43 Å². The zero-order valence-electron chi connectivity index (χ0n) is 16.6. The maximum absolute atomic E-state index is 12.9. The number of benzene rings is 2. The first-order valence-corrected chi connectivity index (χ1v) is 9.61. The number of hydrazone groups is 1. The van der Waals surface area contributed by atoms with Crippen LogP contribution < -0.4 is 10.3 Å². The number of hydrogen-bond donors (Lipinski definition) is 2. The van der Waals surface area contributed by atoms with Gasteiger partial charge in [-0.15, -0.1) is 0 Å². The Kier molecular flexibility index (Phi) is 6.46. The molecule has 29 heavy (non-hydrogen) atoms. The Morgan fingerprint density at radius 1 is 1.00 bits per heavy atom. The molecule has 1 heterocycles. The van der Waals surface area contributed by atoms with Crippen LogP contribution in [0, 0.1) is 0 Å². The smallest absolute Gasteiger partial charge is 0.281 e. The molecule has 0 saturated heterocycles. The summed E-state index contributed by atoms with van der Waals surface area (Å²) in [6.45, 7) is 5.76. The van der Waals surface area contributed by atoms with Crippen molar-refractivity contribution in [1.82, 2.24) is 5.43 Å². The van der Waals surface area contributed by atoms with E-state index in [0.29, 0.717) is 16.9 Å². The lowest BCUT2D eigenvalue weighted by atomic mass is 9.85. The topological polar surface area (TPSA) is 78.1 Å². The molecule has 0 atom stereocenters. The summed E-state index contributed by atoms with van der Waals surface area (Å²) in [6, 6.07) is 21.2. The Hall–Kier alpha value is -3.38. The Morgan fingerprint density at radius 2 is 1.55 bits per heavy atom. The van der Waals surface area contributed by atoms with Gasteiger partial charge in [0.15, 0.2) is 11.5 Å². The van der Waals surface area contributed by atoms with E-state index in [9.17, 15) is 9.90 Å². The number of nitrogens with zero attached hydrogens (tertiary/aromatic N) is 2. The van der Waals surface area contributed by atoms with Gasteiger partial charge in [0.25, 0.3) is 5.91 Å². The first-order valence-electron chi connectivity index (χ1n) is 9.61. The zero-order chi connectivity index (χ0) is 20.7. The molecule has 2 N–H and O–H groups in total. The second-order valence-electron chi connectivity index (χ2n) is 6.49. The normalized spacial score (nSPS) is 11.6. The molecule has 0 aliphatic heterocycles. The average Bonchev–Trinajstić information content (AvgIpc) is 3.23. The van der Waals surface area contributed by atoms with E-state index in [-0.39, 0.29) is 0 Å². The van der Waals surface area contributed by atoms with Crippen LogP contribution in [-0.2, 0) is 10.4 Å². The van der Waals surface area contributed by atoms with Crippen molar-refractivity contribution in [2.75, 3.05) is 18.0 Å². The third-order valence-corrected chi connectivity index (χ3v) is 4.76. The number of carbonyl (C=O) groups excluding carboxylic acids is 1. The molecule has 1 amide bonds. The van der Waals surface area contributed by atoms with Gasteiger partial charge < -0.3 is 14.4 Å². The molecule has 0 fully saturated rings. The molecule has 0 unspecified atom stereocenters. The molecule has 1 aromatic heterocycles. The molecule has 0 aliphatic carbocycles. The highest BCUT2D eigenvalue weighted by Gasteiger charge is 2.39. The van der Waals surface area contributed by atoms with Crippen molar-refractivity contribution in [3.63, 3.8) is 0 Å². The lowest BCUT2D eigenvalue weighted by Crippen LogP contribution is -2.43. The monoisotopic (exact) mass is 391 g/mol. The molecule has 6 heteroatoms. The van der Waals surface area contributed by atoms with Gasteiger partial charge in [-0.1, -0.05) is 60.7 Å². The minimum Gasteiger partial charge on any atom is -0.440 e. The molecule has 0 spiro atoms. The van der Waals surface area contributed by atoms with E-state index < -0.39 is 11.5 Å². The molecule has 0 bridgehead atoms. The maximum Gasteiger partial charge on any atom is 0.281 e. The highest BCUT2D eigenvalue weighted by atomic mass is 16.4. The average molecular weight is 391 g/mol. The van der Waals surface area contributed by atoms with Gasteiger partial charge in [0, 0.05) is 19.2 Å². The summed E-state index contributed by atoms with van der Waals surface area (Å²) < 4.78 is 5.73. The Labute approximate surface area is 170 Å². The first kappa shape index (κ1) is 20.4. The molecule has 3 rings (SSSR count). The molecule has 2 aromatic carbocycles. The van der Waals surface area contributed by atoms with E-state index in [4.69, 9.17) is 4.42 Å². The third kappa shape index (κ3) is 4.38. The Morgan fingerprint density at radius 3 is 2.07 bits per heavy atom. The number of carbonyl (C=O) groups is 1. The van der Waals surface area contributed by atoms with Crippen molar-refractivity contribution >= 4 is 18.0 Å². The van der Waals surface area contributed by atoms with Gasteiger partial charge in [0.05, 0.1) is 6.21 Å². The fraction of sp³-hybridized carbons (Fsp3) is 0.217. The number of furan rings is 1. The van der Waals surface area contributed by atoms with E-state index in [1.807, 2.05) is 32.0 Å². The standard InChI is InChI=1S/C23H25N3O3/c1-3-26(4-2)21-16-15-20(29-21)17-24-25-22(27)23(28,18-11-7-5-8-12-18)19-13-9-6-10-14-19/h5-17,28H,3-4H2,1-2H3,(H,25,27)/b24-17+. The molecular weight excluding hydrogens is 366 g/mol. The summed E-state index contributed by atoms with van der Waals surface area (Å²) >= 11 is 0. The molecule has 0 saturated carbocycles. The number of nitrogens with one attached hydrogen (secondary N) is 1. The lowest BCUT2D eigenvalue weighted by Gasteiger charge is -2.26. The summed E-state index contributed by atoms with van der Waals surface area (Å²) in [7, 11) is 0. The highest BCUT2D eigenvalue weighted by molar-refractivity contribution is 5.90. The van der Waals surface area contributed by atoms with Gasteiger partial charge in [0.2, 0.25) is 0 Å². The van der Waals surface area contributed by atoms with Crippen molar-refractivity contribution in [2.24, 2.45) is 5.10 Å². The SMILES string of the molecule is CCN(CC)c1ccc(/C=N/NC(=O)C(O)(c2ccccc2)c2ccccc2)o1. The molecule has 6 nitrogen and oxygen atoms in total. The van der Waals surface area contributed by atoms with Gasteiger partial charge in [-0.05, 0) is 31.0 Å². The van der Waals surface area contributed by atoms with Crippen LogP contribution in [0.15, 0.2) is 82.3 Å². The van der Waals surface area contributed by atoms with E-state index in [2.05, 4.69) is 15.4 Å². The number of anilines is 1. The third-order valence-electron chi connectivity index (χ3n) is 4.76. The number of hydrogen-bond acceptors (Lipinski definition) is 5. The molecule has 150 valence electrons. The van der Waals surface area contributed by atoms with Gasteiger partial charge in [-0.2, -0.15) is 5.10 Å². The van der Waals surface area contributed by atoms with Crippen LogP contribution in [0.25, 0.3) is 0 Å². The van der Waals surface area contributed by atoms with Crippen LogP contribution in [0.3, 0.4) is 0 Å². The molecule has 3 aromatic rings. The predicted octanol–water partition coefficient (Wildman–Crippen LogP) is 3.51. The number of amides is 1. The van der Waals surface area contributed by atoms with Crippen molar-refractivity contribution in [2.45, 2.75) is 19.4 Å². The minimum atomic E-state index is -1.87. The summed E-state index contributed by atoms with van der Waals surface area (Å²) in [5, 5.41) is 15.3. The van der Waals surface area contributed by atoms with Crippen LogP contribution in [0.5, 0.6) is 0 Å².